The summed E-state index contributed by atoms with van der Waals surface area (Å²) in [5, 5.41) is 2.52. The summed E-state index contributed by atoms with van der Waals surface area (Å²) in [5.41, 5.74) is 4.83. The first kappa shape index (κ1) is 14.1. The molecule has 4 rings (SSSR count). The van der Waals surface area contributed by atoms with E-state index >= 15 is 0 Å². The Hall–Kier alpha value is -2.52. The van der Waals surface area contributed by atoms with Gasteiger partial charge in [-0.05, 0) is 23.1 Å². The van der Waals surface area contributed by atoms with Crippen molar-refractivity contribution in [3.63, 3.8) is 0 Å². The number of allylic oxidation sites excluding steroid dienone is 3. The van der Waals surface area contributed by atoms with E-state index in [0.29, 0.717) is 0 Å². The standard InChI is InChI=1S/C20H19NO2/c1-21-12-14-10-18(22-2)19(23-3)11-17(14)16-9-8-13-6-4-5-7-15(13)20(16)21/h4-12,19H,1-3H3. The third kappa shape index (κ3) is 2.08. The first-order valence-electron chi connectivity index (χ1n) is 7.70. The normalized spacial score (nSPS) is 19.5. The second-order valence-corrected chi connectivity index (χ2v) is 5.87. The van der Waals surface area contributed by atoms with Crippen LogP contribution in [-0.2, 0) is 9.47 Å². The van der Waals surface area contributed by atoms with Crippen LogP contribution in [0.5, 0.6) is 0 Å². The highest BCUT2D eigenvalue weighted by molar-refractivity contribution is 6.05. The molecule has 0 saturated heterocycles. The lowest BCUT2D eigenvalue weighted by Gasteiger charge is -2.32. The Morgan fingerprint density at radius 3 is 2.65 bits per heavy atom. The molecule has 3 nitrogen and oxygen atoms in total. The fourth-order valence-electron chi connectivity index (χ4n) is 3.48. The number of methoxy groups -OCH3 is 2. The van der Waals surface area contributed by atoms with Gasteiger partial charge in [0.1, 0.15) is 11.9 Å². The largest absolute Gasteiger partial charge is 0.498 e. The Morgan fingerprint density at radius 1 is 1.04 bits per heavy atom. The predicted octanol–water partition coefficient (Wildman–Crippen LogP) is 4.12. The van der Waals surface area contributed by atoms with Gasteiger partial charge in [-0.3, -0.25) is 0 Å². The molecule has 0 bridgehead atoms. The molecule has 3 heteroatoms. The van der Waals surface area contributed by atoms with Crippen molar-refractivity contribution in [2.45, 2.75) is 6.10 Å². The highest BCUT2D eigenvalue weighted by atomic mass is 16.5. The molecule has 0 N–H and O–H groups in total. The van der Waals surface area contributed by atoms with Crippen molar-refractivity contribution in [2.24, 2.45) is 0 Å². The number of ether oxygens (including phenoxy) is 2. The van der Waals surface area contributed by atoms with Gasteiger partial charge in [0.15, 0.2) is 0 Å². The number of benzene rings is 2. The van der Waals surface area contributed by atoms with Gasteiger partial charge in [0.25, 0.3) is 0 Å². The molecule has 0 fully saturated rings. The van der Waals surface area contributed by atoms with Gasteiger partial charge in [-0.15, -0.1) is 0 Å². The Kier molecular flexibility index (Phi) is 3.24. The summed E-state index contributed by atoms with van der Waals surface area (Å²) < 4.78 is 11.0. The lowest BCUT2D eigenvalue weighted by molar-refractivity contribution is 0.110. The summed E-state index contributed by atoms with van der Waals surface area (Å²) in [6.45, 7) is 0. The lowest BCUT2D eigenvalue weighted by Crippen LogP contribution is -2.22. The van der Waals surface area contributed by atoms with Crippen molar-refractivity contribution in [1.29, 1.82) is 0 Å². The van der Waals surface area contributed by atoms with Crippen LogP contribution in [0.4, 0.5) is 5.69 Å². The zero-order valence-corrected chi connectivity index (χ0v) is 13.5. The third-order valence-corrected chi connectivity index (χ3v) is 4.57. The summed E-state index contributed by atoms with van der Waals surface area (Å²) in [5.74, 6) is 0.833. The Morgan fingerprint density at radius 2 is 1.87 bits per heavy atom. The molecule has 1 aliphatic carbocycles. The van der Waals surface area contributed by atoms with Gasteiger partial charge in [0.2, 0.25) is 0 Å². The van der Waals surface area contributed by atoms with Crippen molar-refractivity contribution in [2.75, 3.05) is 26.2 Å². The van der Waals surface area contributed by atoms with Gasteiger partial charge in [0.05, 0.1) is 12.8 Å². The molecule has 2 aliphatic rings. The van der Waals surface area contributed by atoms with E-state index in [9.17, 15) is 0 Å². The molecule has 0 aromatic heterocycles. The molecule has 0 saturated carbocycles. The summed E-state index contributed by atoms with van der Waals surface area (Å²) in [6, 6.07) is 12.9. The van der Waals surface area contributed by atoms with Crippen molar-refractivity contribution in [3.05, 3.63) is 71.6 Å². The van der Waals surface area contributed by atoms with Gasteiger partial charge >= 0.3 is 0 Å². The first-order valence-corrected chi connectivity index (χ1v) is 7.70. The molecule has 0 radical (unpaired) electrons. The zero-order chi connectivity index (χ0) is 16.0. The van der Waals surface area contributed by atoms with E-state index < -0.39 is 0 Å². The van der Waals surface area contributed by atoms with E-state index in [-0.39, 0.29) is 6.10 Å². The topological polar surface area (TPSA) is 21.7 Å². The summed E-state index contributed by atoms with van der Waals surface area (Å²) in [4.78, 5) is 2.20. The summed E-state index contributed by atoms with van der Waals surface area (Å²) in [6.07, 6.45) is 6.23. The highest BCUT2D eigenvalue weighted by Crippen LogP contribution is 2.43. The van der Waals surface area contributed by atoms with E-state index in [1.165, 1.54) is 27.6 Å². The summed E-state index contributed by atoms with van der Waals surface area (Å²) >= 11 is 0. The average molecular weight is 305 g/mol. The van der Waals surface area contributed by atoms with Crippen molar-refractivity contribution < 1.29 is 9.47 Å². The van der Waals surface area contributed by atoms with Crippen molar-refractivity contribution in [3.8, 4) is 0 Å². The van der Waals surface area contributed by atoms with E-state index in [1.54, 1.807) is 14.2 Å². The van der Waals surface area contributed by atoms with Gasteiger partial charge in [-0.25, -0.2) is 0 Å². The van der Waals surface area contributed by atoms with E-state index in [2.05, 4.69) is 66.7 Å². The molecule has 1 aliphatic heterocycles. The molecule has 1 unspecified atom stereocenters. The van der Waals surface area contributed by atoms with Crippen LogP contribution in [0, 0.1) is 0 Å². The molecule has 2 aromatic rings. The number of fused-ring (bicyclic) bond motifs is 5. The predicted molar refractivity (Wildman–Crippen MR) is 94.3 cm³/mol. The van der Waals surface area contributed by atoms with Gasteiger partial charge in [-0.2, -0.15) is 0 Å². The fourth-order valence-corrected chi connectivity index (χ4v) is 3.48. The molecular formula is C20H19NO2. The van der Waals surface area contributed by atoms with E-state index in [4.69, 9.17) is 9.47 Å². The van der Waals surface area contributed by atoms with E-state index in [1.807, 2.05) is 0 Å². The second kappa shape index (κ2) is 5.28. The number of rotatable bonds is 2. The Labute approximate surface area is 136 Å². The third-order valence-electron chi connectivity index (χ3n) is 4.57. The maximum absolute atomic E-state index is 5.56. The zero-order valence-electron chi connectivity index (χ0n) is 13.5. The molecule has 2 aromatic carbocycles. The van der Waals surface area contributed by atoms with E-state index in [0.717, 1.165) is 11.3 Å². The second-order valence-electron chi connectivity index (χ2n) is 5.87. The van der Waals surface area contributed by atoms with Crippen molar-refractivity contribution in [1.82, 2.24) is 0 Å². The Balaban J connectivity index is 1.96. The number of anilines is 1. The van der Waals surface area contributed by atoms with Gasteiger partial charge in [-0.1, -0.05) is 36.4 Å². The van der Waals surface area contributed by atoms with Crippen LogP contribution in [0.15, 0.2) is 66.1 Å². The quantitative estimate of drug-likeness (QED) is 0.833. The SMILES string of the molecule is COC1=CC2=CN(C)c3c(ccc4ccccc34)C2=CC1OC. The maximum Gasteiger partial charge on any atom is 0.133 e. The van der Waals surface area contributed by atoms with Crippen LogP contribution >= 0.6 is 0 Å². The van der Waals surface area contributed by atoms with Crippen LogP contribution in [0.3, 0.4) is 0 Å². The molecule has 23 heavy (non-hydrogen) atoms. The maximum atomic E-state index is 5.56. The number of nitrogens with zero attached hydrogens (tertiary/aromatic N) is 1. The molecule has 116 valence electrons. The number of hydrogen-bond acceptors (Lipinski definition) is 3. The smallest absolute Gasteiger partial charge is 0.133 e. The first-order chi connectivity index (χ1) is 11.2. The van der Waals surface area contributed by atoms with Crippen LogP contribution in [0.1, 0.15) is 5.56 Å². The molecule has 0 amide bonds. The molecule has 1 heterocycles. The monoisotopic (exact) mass is 305 g/mol. The van der Waals surface area contributed by atoms with Gasteiger partial charge < -0.3 is 14.4 Å². The molecular weight excluding hydrogens is 286 g/mol. The molecule has 0 spiro atoms. The van der Waals surface area contributed by atoms with Crippen LogP contribution in [-0.4, -0.2) is 27.4 Å². The van der Waals surface area contributed by atoms with Crippen molar-refractivity contribution >= 4 is 22.0 Å². The number of hydrogen-bond donors (Lipinski definition) is 0. The van der Waals surface area contributed by atoms with Crippen LogP contribution < -0.4 is 4.90 Å². The minimum Gasteiger partial charge on any atom is -0.498 e. The van der Waals surface area contributed by atoms with Gasteiger partial charge in [0, 0.05) is 36.9 Å². The molecule has 1 atom stereocenters. The van der Waals surface area contributed by atoms with Crippen LogP contribution in [0.25, 0.3) is 16.3 Å². The average Bonchev–Trinajstić information content (AvgIpc) is 2.60. The minimum absolute atomic E-state index is 0.144. The minimum atomic E-state index is -0.144. The van der Waals surface area contributed by atoms with Crippen LogP contribution in [0.2, 0.25) is 0 Å². The Bertz CT molecular complexity index is 876. The summed E-state index contributed by atoms with van der Waals surface area (Å²) in [7, 11) is 5.49. The highest BCUT2D eigenvalue weighted by Gasteiger charge is 2.27. The lowest BCUT2D eigenvalue weighted by atomic mass is 9.86. The fraction of sp³-hybridized carbons (Fsp3) is 0.200.